The second-order valence-corrected chi connectivity index (χ2v) is 6.53. The number of benzene rings is 2. The van der Waals surface area contributed by atoms with Gasteiger partial charge in [0.05, 0.1) is 25.2 Å². The van der Waals surface area contributed by atoms with Crippen molar-refractivity contribution in [3.8, 4) is 5.75 Å². The van der Waals surface area contributed by atoms with Gasteiger partial charge in [0.15, 0.2) is 0 Å². The SMILES string of the molecule is COC(=O)/C=C/c1ccc(NCC(c2cccc(OC)c2)N(C)C)c([N+](=O)[O-])c1. The molecular weight excluding hydrogens is 374 g/mol. The molecule has 0 heterocycles. The van der Waals surface area contributed by atoms with Crippen molar-refractivity contribution in [3.63, 3.8) is 0 Å². The number of nitro groups is 1. The van der Waals surface area contributed by atoms with Crippen molar-refractivity contribution in [2.24, 2.45) is 0 Å². The van der Waals surface area contributed by atoms with Crippen LogP contribution in [-0.4, -0.2) is 50.7 Å². The smallest absolute Gasteiger partial charge is 0.330 e. The molecule has 1 unspecified atom stereocenters. The van der Waals surface area contributed by atoms with Gasteiger partial charge in [-0.1, -0.05) is 18.2 Å². The molecule has 0 amide bonds. The van der Waals surface area contributed by atoms with Gasteiger partial charge in [0, 0.05) is 18.7 Å². The Kier molecular flexibility index (Phi) is 7.73. The number of likely N-dealkylation sites (N-methyl/N-ethyl adjacent to an activating group) is 1. The van der Waals surface area contributed by atoms with Gasteiger partial charge in [0.25, 0.3) is 5.69 Å². The normalized spacial score (nSPS) is 12.0. The Labute approximate surface area is 169 Å². The van der Waals surface area contributed by atoms with Crippen LogP contribution >= 0.6 is 0 Å². The number of hydrogen-bond acceptors (Lipinski definition) is 7. The molecule has 0 aliphatic carbocycles. The van der Waals surface area contributed by atoms with E-state index in [1.807, 2.05) is 43.3 Å². The zero-order valence-corrected chi connectivity index (χ0v) is 16.9. The summed E-state index contributed by atoms with van der Waals surface area (Å²) in [4.78, 5) is 24.3. The predicted octanol–water partition coefficient (Wildman–Crippen LogP) is 3.50. The summed E-state index contributed by atoms with van der Waals surface area (Å²) >= 11 is 0. The highest BCUT2D eigenvalue weighted by Gasteiger charge is 2.18. The monoisotopic (exact) mass is 399 g/mol. The Bertz CT molecular complexity index is 896. The van der Waals surface area contributed by atoms with E-state index in [1.54, 1.807) is 19.2 Å². The minimum atomic E-state index is -0.526. The van der Waals surface area contributed by atoms with Crippen molar-refractivity contribution in [3.05, 3.63) is 69.8 Å². The van der Waals surface area contributed by atoms with E-state index in [0.717, 1.165) is 11.3 Å². The van der Waals surface area contributed by atoms with Gasteiger partial charge < -0.3 is 19.7 Å². The van der Waals surface area contributed by atoms with Gasteiger partial charge in [-0.25, -0.2) is 4.79 Å². The van der Waals surface area contributed by atoms with Crippen LogP contribution in [0.25, 0.3) is 6.08 Å². The number of rotatable bonds is 9. The largest absolute Gasteiger partial charge is 0.497 e. The maximum Gasteiger partial charge on any atom is 0.330 e. The standard InChI is InChI=1S/C21H25N3O5/c1-23(2)20(16-6-5-7-17(13-16)28-3)14-22-18-10-8-15(9-11-21(25)29-4)12-19(18)24(26)27/h5-13,20,22H,14H2,1-4H3/b11-9+. The van der Waals surface area contributed by atoms with E-state index in [9.17, 15) is 14.9 Å². The Morgan fingerprint density at radius 1 is 1.24 bits per heavy atom. The summed E-state index contributed by atoms with van der Waals surface area (Å²) in [5, 5.41) is 14.7. The highest BCUT2D eigenvalue weighted by atomic mass is 16.6. The van der Waals surface area contributed by atoms with Gasteiger partial charge in [0.2, 0.25) is 0 Å². The van der Waals surface area contributed by atoms with Crippen molar-refractivity contribution in [1.82, 2.24) is 4.90 Å². The number of nitrogens with one attached hydrogen (secondary N) is 1. The number of anilines is 1. The van der Waals surface area contributed by atoms with E-state index >= 15 is 0 Å². The van der Waals surface area contributed by atoms with Gasteiger partial charge in [-0.15, -0.1) is 0 Å². The Hall–Kier alpha value is -3.39. The molecule has 0 aliphatic heterocycles. The predicted molar refractivity (Wildman–Crippen MR) is 112 cm³/mol. The molecular formula is C21H25N3O5. The first-order valence-corrected chi connectivity index (χ1v) is 8.94. The second-order valence-electron chi connectivity index (χ2n) is 6.53. The van der Waals surface area contributed by atoms with Gasteiger partial charge in [-0.2, -0.15) is 0 Å². The quantitative estimate of drug-likeness (QED) is 0.298. The van der Waals surface area contributed by atoms with Crippen molar-refractivity contribution < 1.29 is 19.2 Å². The fraction of sp³-hybridized carbons (Fsp3) is 0.286. The van der Waals surface area contributed by atoms with E-state index in [4.69, 9.17) is 4.74 Å². The van der Waals surface area contributed by atoms with Crippen LogP contribution in [0.15, 0.2) is 48.5 Å². The maximum atomic E-state index is 11.5. The maximum absolute atomic E-state index is 11.5. The molecule has 0 spiro atoms. The molecule has 2 aromatic carbocycles. The first kappa shape index (κ1) is 21.9. The van der Waals surface area contributed by atoms with Gasteiger partial charge >= 0.3 is 5.97 Å². The summed E-state index contributed by atoms with van der Waals surface area (Å²) in [6.45, 7) is 0.457. The number of esters is 1. The molecule has 0 radical (unpaired) electrons. The van der Waals surface area contributed by atoms with Crippen LogP contribution < -0.4 is 10.1 Å². The third-order valence-electron chi connectivity index (χ3n) is 4.42. The Balaban J connectivity index is 2.23. The van der Waals surface area contributed by atoms with E-state index in [-0.39, 0.29) is 11.7 Å². The van der Waals surface area contributed by atoms with Crippen molar-refractivity contribution in [2.75, 3.05) is 40.2 Å². The third-order valence-corrected chi connectivity index (χ3v) is 4.42. The lowest BCUT2D eigenvalue weighted by Crippen LogP contribution is -2.27. The van der Waals surface area contributed by atoms with Gasteiger partial charge in [-0.05, 0) is 49.5 Å². The first-order chi connectivity index (χ1) is 13.8. The molecule has 0 aliphatic rings. The Morgan fingerprint density at radius 2 is 2.00 bits per heavy atom. The average molecular weight is 399 g/mol. The van der Waals surface area contributed by atoms with Crippen LogP contribution in [0.2, 0.25) is 0 Å². The zero-order chi connectivity index (χ0) is 21.4. The molecule has 2 rings (SSSR count). The number of carbonyl (C=O) groups excluding carboxylic acids is 1. The molecule has 8 nitrogen and oxygen atoms in total. The van der Waals surface area contributed by atoms with Crippen LogP contribution in [0.4, 0.5) is 11.4 Å². The molecule has 0 saturated heterocycles. The van der Waals surface area contributed by atoms with E-state index < -0.39 is 10.9 Å². The number of nitrogens with zero attached hydrogens (tertiary/aromatic N) is 2. The number of ether oxygens (including phenoxy) is 2. The zero-order valence-electron chi connectivity index (χ0n) is 16.9. The number of hydrogen-bond donors (Lipinski definition) is 1. The molecule has 0 bridgehead atoms. The average Bonchev–Trinajstić information content (AvgIpc) is 2.72. The molecule has 1 atom stereocenters. The van der Waals surface area contributed by atoms with E-state index in [1.165, 1.54) is 25.3 Å². The lowest BCUT2D eigenvalue weighted by molar-refractivity contribution is -0.384. The van der Waals surface area contributed by atoms with Crippen molar-refractivity contribution >= 4 is 23.4 Å². The molecule has 1 N–H and O–H groups in total. The van der Waals surface area contributed by atoms with Crippen LogP contribution in [0, 0.1) is 10.1 Å². The lowest BCUT2D eigenvalue weighted by atomic mass is 10.1. The fourth-order valence-electron chi connectivity index (χ4n) is 2.84. The van der Waals surface area contributed by atoms with E-state index in [0.29, 0.717) is 17.8 Å². The molecule has 154 valence electrons. The molecule has 0 fully saturated rings. The molecule has 8 heteroatoms. The lowest BCUT2D eigenvalue weighted by Gasteiger charge is -2.26. The van der Waals surface area contributed by atoms with Crippen LogP contribution in [0.3, 0.4) is 0 Å². The topological polar surface area (TPSA) is 93.9 Å². The third kappa shape index (κ3) is 6.05. The van der Waals surface area contributed by atoms with Gasteiger partial charge in [-0.3, -0.25) is 10.1 Å². The van der Waals surface area contributed by atoms with Crippen molar-refractivity contribution in [2.45, 2.75) is 6.04 Å². The highest BCUT2D eigenvalue weighted by molar-refractivity contribution is 5.87. The van der Waals surface area contributed by atoms with Crippen molar-refractivity contribution in [1.29, 1.82) is 0 Å². The number of methoxy groups -OCH3 is 2. The number of carbonyl (C=O) groups is 1. The second kappa shape index (κ2) is 10.2. The minimum absolute atomic E-state index is 0.0244. The molecule has 2 aromatic rings. The van der Waals surface area contributed by atoms with E-state index in [2.05, 4.69) is 10.1 Å². The van der Waals surface area contributed by atoms with Gasteiger partial charge in [0.1, 0.15) is 11.4 Å². The molecule has 29 heavy (non-hydrogen) atoms. The summed E-state index contributed by atoms with van der Waals surface area (Å²) in [6.07, 6.45) is 2.69. The first-order valence-electron chi connectivity index (χ1n) is 8.94. The molecule has 0 saturated carbocycles. The minimum Gasteiger partial charge on any atom is -0.497 e. The van der Waals surface area contributed by atoms with Crippen LogP contribution in [0.1, 0.15) is 17.2 Å². The highest BCUT2D eigenvalue weighted by Crippen LogP contribution is 2.28. The van der Waals surface area contributed by atoms with Crippen LogP contribution in [-0.2, 0) is 9.53 Å². The summed E-state index contributed by atoms with van der Waals surface area (Å²) < 4.78 is 9.83. The number of nitro benzene ring substituents is 1. The fourth-order valence-corrected chi connectivity index (χ4v) is 2.84. The summed E-state index contributed by atoms with van der Waals surface area (Å²) in [5.41, 5.74) is 1.90. The van der Waals surface area contributed by atoms with Crippen LogP contribution in [0.5, 0.6) is 5.75 Å². The summed E-state index contributed by atoms with van der Waals surface area (Å²) in [7, 11) is 6.77. The summed E-state index contributed by atoms with van der Waals surface area (Å²) in [6, 6.07) is 12.4. The Morgan fingerprint density at radius 3 is 2.62 bits per heavy atom. The molecule has 0 aromatic heterocycles. The summed E-state index contributed by atoms with van der Waals surface area (Å²) in [5.74, 6) is 0.226.